The van der Waals surface area contributed by atoms with Crippen LogP contribution in [-0.2, 0) is 0 Å². The van der Waals surface area contributed by atoms with Crippen molar-refractivity contribution in [1.29, 1.82) is 0 Å². The summed E-state index contributed by atoms with van der Waals surface area (Å²) >= 11 is 0. The van der Waals surface area contributed by atoms with E-state index >= 15 is 0 Å². The fourth-order valence-corrected chi connectivity index (χ4v) is 3.15. The van der Waals surface area contributed by atoms with Gasteiger partial charge in [-0.3, -0.25) is 9.20 Å². The van der Waals surface area contributed by atoms with Crippen LogP contribution < -0.4 is 5.32 Å². The van der Waals surface area contributed by atoms with Crippen molar-refractivity contribution in [3.63, 3.8) is 0 Å². The number of aromatic nitrogens is 4. The molecule has 0 unspecified atom stereocenters. The normalized spacial score (nSPS) is 18.2. The summed E-state index contributed by atoms with van der Waals surface area (Å²) in [5.74, 6) is -1.01. The van der Waals surface area contributed by atoms with E-state index in [4.69, 9.17) is 4.52 Å². The number of carbonyl (C=O) groups is 1. The SMILES string of the molecule is Cc1c(F)cc(-c2noc([C@H]3C[C@H]3F)n2)cc1NC(=O)c1cnc2ccccn12. The minimum absolute atomic E-state index is 0.142. The van der Waals surface area contributed by atoms with Gasteiger partial charge in [0.15, 0.2) is 0 Å². The van der Waals surface area contributed by atoms with Crippen LogP contribution in [0.2, 0.25) is 0 Å². The van der Waals surface area contributed by atoms with Crippen molar-refractivity contribution in [2.45, 2.75) is 25.4 Å². The molecule has 1 aliphatic rings. The number of nitrogens with zero attached hydrogens (tertiary/aromatic N) is 4. The maximum absolute atomic E-state index is 14.5. The molecule has 4 aromatic rings. The zero-order valence-corrected chi connectivity index (χ0v) is 15.3. The maximum Gasteiger partial charge on any atom is 0.274 e. The number of nitrogens with one attached hydrogen (secondary N) is 1. The van der Waals surface area contributed by atoms with Crippen LogP contribution in [-0.4, -0.2) is 31.6 Å². The van der Waals surface area contributed by atoms with Crippen LogP contribution in [0.25, 0.3) is 17.0 Å². The number of rotatable bonds is 4. The Hall–Kier alpha value is -3.62. The van der Waals surface area contributed by atoms with E-state index in [9.17, 15) is 13.6 Å². The van der Waals surface area contributed by atoms with Crippen LogP contribution in [0.1, 0.15) is 34.3 Å². The van der Waals surface area contributed by atoms with Crippen LogP contribution in [0.15, 0.2) is 47.2 Å². The molecule has 29 heavy (non-hydrogen) atoms. The topological polar surface area (TPSA) is 85.3 Å². The lowest BCUT2D eigenvalue weighted by Gasteiger charge is -2.10. The average molecular weight is 395 g/mol. The first-order valence-electron chi connectivity index (χ1n) is 9.03. The molecule has 1 amide bonds. The molecule has 0 saturated heterocycles. The molecule has 1 fully saturated rings. The van der Waals surface area contributed by atoms with E-state index in [1.54, 1.807) is 35.7 Å². The summed E-state index contributed by atoms with van der Waals surface area (Å²) in [5.41, 5.74) is 1.81. The zero-order chi connectivity index (χ0) is 20.1. The second kappa shape index (κ2) is 6.47. The summed E-state index contributed by atoms with van der Waals surface area (Å²) in [6, 6.07) is 8.20. The van der Waals surface area contributed by atoms with E-state index in [0.717, 1.165) is 0 Å². The first-order chi connectivity index (χ1) is 14.0. The third-order valence-corrected chi connectivity index (χ3v) is 4.97. The highest BCUT2D eigenvalue weighted by Crippen LogP contribution is 2.43. The molecule has 1 aromatic carbocycles. The molecule has 3 heterocycles. The third-order valence-electron chi connectivity index (χ3n) is 4.97. The summed E-state index contributed by atoms with van der Waals surface area (Å²) in [6.45, 7) is 1.56. The molecular formula is C20H15F2N5O2. The highest BCUT2D eigenvalue weighted by molar-refractivity contribution is 6.04. The summed E-state index contributed by atoms with van der Waals surface area (Å²) in [4.78, 5) is 21.1. The number of benzene rings is 1. The van der Waals surface area contributed by atoms with Crippen molar-refractivity contribution in [1.82, 2.24) is 19.5 Å². The van der Waals surface area contributed by atoms with Gasteiger partial charge in [-0.25, -0.2) is 13.8 Å². The smallest absolute Gasteiger partial charge is 0.274 e. The molecule has 0 bridgehead atoms. The third kappa shape index (κ3) is 3.04. The molecule has 0 spiro atoms. The van der Waals surface area contributed by atoms with Gasteiger partial charge in [-0.05, 0) is 37.6 Å². The lowest BCUT2D eigenvalue weighted by molar-refractivity contribution is 0.102. The highest BCUT2D eigenvalue weighted by Gasteiger charge is 2.43. The Labute approximate surface area is 163 Å². The number of imidazole rings is 1. The highest BCUT2D eigenvalue weighted by atomic mass is 19.1. The molecule has 1 saturated carbocycles. The van der Waals surface area contributed by atoms with E-state index in [0.29, 0.717) is 23.3 Å². The van der Waals surface area contributed by atoms with Crippen LogP contribution >= 0.6 is 0 Å². The van der Waals surface area contributed by atoms with Crippen molar-refractivity contribution in [2.24, 2.45) is 0 Å². The van der Waals surface area contributed by atoms with Gasteiger partial charge >= 0.3 is 0 Å². The number of hydrogen-bond acceptors (Lipinski definition) is 5. The Morgan fingerprint density at radius 1 is 1.34 bits per heavy atom. The minimum Gasteiger partial charge on any atom is -0.339 e. The number of carbonyl (C=O) groups excluding carboxylic acids is 1. The number of fused-ring (bicyclic) bond motifs is 1. The molecular weight excluding hydrogens is 380 g/mol. The van der Waals surface area contributed by atoms with Crippen LogP contribution in [0.4, 0.5) is 14.5 Å². The lowest BCUT2D eigenvalue weighted by atomic mass is 10.1. The second-order valence-corrected chi connectivity index (χ2v) is 6.97. The number of pyridine rings is 1. The Balaban J connectivity index is 1.47. The van der Waals surface area contributed by atoms with Gasteiger partial charge in [0.05, 0.1) is 12.1 Å². The van der Waals surface area contributed by atoms with E-state index in [1.807, 2.05) is 6.07 Å². The number of halogens is 2. The van der Waals surface area contributed by atoms with Gasteiger partial charge in [0.1, 0.15) is 23.3 Å². The molecule has 9 heteroatoms. The van der Waals surface area contributed by atoms with Gasteiger partial charge < -0.3 is 9.84 Å². The fraction of sp³-hybridized carbons (Fsp3) is 0.200. The number of anilines is 1. The summed E-state index contributed by atoms with van der Waals surface area (Å²) in [5, 5.41) is 6.54. The van der Waals surface area contributed by atoms with E-state index in [-0.39, 0.29) is 28.9 Å². The van der Waals surface area contributed by atoms with Crippen LogP contribution in [0, 0.1) is 12.7 Å². The Morgan fingerprint density at radius 3 is 2.97 bits per heavy atom. The van der Waals surface area contributed by atoms with Crippen LogP contribution in [0.3, 0.4) is 0 Å². The molecule has 146 valence electrons. The maximum atomic E-state index is 14.5. The molecule has 3 aromatic heterocycles. The first kappa shape index (κ1) is 17.5. The summed E-state index contributed by atoms with van der Waals surface area (Å²) in [6.07, 6.45) is 2.55. The van der Waals surface area contributed by atoms with Crippen LogP contribution in [0.5, 0.6) is 0 Å². The molecule has 1 aliphatic carbocycles. The van der Waals surface area contributed by atoms with E-state index < -0.39 is 17.9 Å². The first-order valence-corrected chi connectivity index (χ1v) is 9.03. The minimum atomic E-state index is -0.974. The van der Waals surface area contributed by atoms with Gasteiger partial charge in [-0.1, -0.05) is 11.2 Å². The van der Waals surface area contributed by atoms with Gasteiger partial charge in [-0.2, -0.15) is 4.98 Å². The Bertz CT molecular complexity index is 1250. The summed E-state index contributed by atoms with van der Waals surface area (Å²) in [7, 11) is 0. The lowest BCUT2D eigenvalue weighted by Crippen LogP contribution is -2.15. The van der Waals surface area contributed by atoms with E-state index in [1.165, 1.54) is 12.3 Å². The van der Waals surface area contributed by atoms with Crippen molar-refractivity contribution in [2.75, 3.05) is 5.32 Å². The zero-order valence-electron chi connectivity index (χ0n) is 15.3. The van der Waals surface area contributed by atoms with Gasteiger partial charge in [0, 0.05) is 23.0 Å². The quantitative estimate of drug-likeness (QED) is 0.566. The summed E-state index contributed by atoms with van der Waals surface area (Å²) < 4.78 is 34.4. The molecule has 1 N–H and O–H groups in total. The number of hydrogen-bond donors (Lipinski definition) is 1. The van der Waals surface area contributed by atoms with Crippen molar-refractivity contribution in [3.8, 4) is 11.4 Å². The van der Waals surface area contributed by atoms with Gasteiger partial charge in [0.25, 0.3) is 5.91 Å². The number of alkyl halides is 1. The molecule has 2 atom stereocenters. The van der Waals surface area contributed by atoms with E-state index in [2.05, 4.69) is 20.4 Å². The Kier molecular flexibility index (Phi) is 3.90. The average Bonchev–Trinajstić information content (AvgIpc) is 3.12. The predicted molar refractivity (Wildman–Crippen MR) is 99.8 cm³/mol. The molecule has 7 nitrogen and oxygen atoms in total. The standard InChI is InChI=1S/C20H15F2N5O2/c1-10-13(21)6-11(18-25-20(29-26-18)12-8-14(12)22)7-15(10)24-19(28)16-9-23-17-4-2-3-5-27(16)17/h2-7,9,12,14H,8H2,1H3,(H,24,28)/t12-,14+/m0/s1. The molecule has 0 aliphatic heterocycles. The largest absolute Gasteiger partial charge is 0.339 e. The second-order valence-electron chi connectivity index (χ2n) is 6.97. The molecule has 0 radical (unpaired) electrons. The number of amides is 1. The van der Waals surface area contributed by atoms with Crippen molar-refractivity contribution in [3.05, 3.63) is 65.7 Å². The predicted octanol–water partition coefficient (Wildman–Crippen LogP) is 3.91. The molecule has 5 rings (SSSR count). The fourth-order valence-electron chi connectivity index (χ4n) is 3.15. The van der Waals surface area contributed by atoms with Crippen molar-refractivity contribution >= 4 is 17.2 Å². The Morgan fingerprint density at radius 2 is 2.17 bits per heavy atom. The van der Waals surface area contributed by atoms with Crippen molar-refractivity contribution < 1.29 is 18.1 Å². The monoisotopic (exact) mass is 395 g/mol. The van der Waals surface area contributed by atoms with Gasteiger partial charge in [-0.15, -0.1) is 0 Å². The van der Waals surface area contributed by atoms with Gasteiger partial charge in [0.2, 0.25) is 11.7 Å².